The van der Waals surface area contributed by atoms with Gasteiger partial charge in [-0.15, -0.1) is 11.8 Å². The zero-order valence-corrected chi connectivity index (χ0v) is 17.4. The highest BCUT2D eigenvalue weighted by atomic mass is 32.2. The lowest BCUT2D eigenvalue weighted by Crippen LogP contribution is -2.30. The molecule has 2 unspecified atom stereocenters. The van der Waals surface area contributed by atoms with Crippen molar-refractivity contribution in [1.29, 1.82) is 0 Å². The molecule has 1 spiro atoms. The van der Waals surface area contributed by atoms with E-state index in [9.17, 15) is 14.7 Å². The monoisotopic (exact) mass is 417 g/mol. The molecule has 1 aromatic heterocycles. The van der Waals surface area contributed by atoms with Crippen LogP contribution in [0.1, 0.15) is 36.2 Å². The number of nitrogens with zero attached hydrogens (tertiary/aromatic N) is 3. The second kappa shape index (κ2) is 6.47. The van der Waals surface area contributed by atoms with E-state index in [1.807, 2.05) is 11.5 Å². The molecule has 8 heteroatoms. The zero-order valence-electron chi connectivity index (χ0n) is 16.6. The number of rotatable bonds is 2. The summed E-state index contributed by atoms with van der Waals surface area (Å²) in [7, 11) is 2.13. The standard InChI is InChI=1S/C21H24FN3O3S/c1-12-9-29-19-17(20(27)28)18(26)13-7-14(22)16(8-15(13)25(12)19)24-6-4-21(11-24)3-5-23(2)10-21/h7-8,12H,3-6,9-11H2,1-2H3,(H,27,28). The van der Waals surface area contributed by atoms with E-state index in [2.05, 4.69) is 16.8 Å². The molecule has 1 aromatic carbocycles. The Balaban J connectivity index is 1.66. The minimum absolute atomic E-state index is 0.0444. The fraction of sp³-hybridized carbons (Fsp3) is 0.524. The Morgan fingerprint density at radius 1 is 1.28 bits per heavy atom. The van der Waals surface area contributed by atoms with E-state index in [0.29, 0.717) is 22.0 Å². The van der Waals surface area contributed by atoms with Gasteiger partial charge in [-0.2, -0.15) is 0 Å². The maximum Gasteiger partial charge on any atom is 0.342 e. The van der Waals surface area contributed by atoms with Crippen molar-refractivity contribution in [2.45, 2.75) is 30.8 Å². The van der Waals surface area contributed by atoms with Gasteiger partial charge in [-0.05, 0) is 45.5 Å². The number of aromatic nitrogens is 1. The van der Waals surface area contributed by atoms with Crippen molar-refractivity contribution in [3.05, 3.63) is 33.7 Å². The van der Waals surface area contributed by atoms with Crippen LogP contribution in [0.25, 0.3) is 10.9 Å². The van der Waals surface area contributed by atoms with Crippen LogP contribution in [0.15, 0.2) is 22.0 Å². The molecule has 0 saturated carbocycles. The van der Waals surface area contributed by atoms with E-state index in [0.717, 1.165) is 39.0 Å². The predicted octanol–water partition coefficient (Wildman–Crippen LogP) is 3.04. The third-order valence-electron chi connectivity index (χ3n) is 6.75. The van der Waals surface area contributed by atoms with Gasteiger partial charge >= 0.3 is 5.97 Å². The molecule has 2 aromatic rings. The van der Waals surface area contributed by atoms with Crippen molar-refractivity contribution in [2.24, 2.45) is 5.41 Å². The Hall–Kier alpha value is -2.06. The quantitative estimate of drug-likeness (QED) is 0.810. The molecule has 3 aliphatic rings. The number of benzene rings is 1. The molecule has 0 aliphatic carbocycles. The van der Waals surface area contributed by atoms with E-state index >= 15 is 4.39 Å². The van der Waals surface area contributed by atoms with Gasteiger partial charge in [0.15, 0.2) is 0 Å². The highest BCUT2D eigenvalue weighted by Crippen LogP contribution is 2.43. The molecule has 29 heavy (non-hydrogen) atoms. The highest BCUT2D eigenvalue weighted by molar-refractivity contribution is 7.99. The molecule has 6 nitrogen and oxygen atoms in total. The van der Waals surface area contributed by atoms with E-state index in [-0.39, 0.29) is 22.4 Å². The van der Waals surface area contributed by atoms with Gasteiger partial charge in [0.05, 0.1) is 16.2 Å². The average Bonchev–Trinajstić information content (AvgIpc) is 3.35. The molecule has 3 aliphatic heterocycles. The summed E-state index contributed by atoms with van der Waals surface area (Å²) in [6.45, 7) is 5.72. The van der Waals surface area contributed by atoms with Crippen molar-refractivity contribution in [2.75, 3.05) is 43.9 Å². The lowest BCUT2D eigenvalue weighted by molar-refractivity contribution is 0.0690. The summed E-state index contributed by atoms with van der Waals surface area (Å²) < 4.78 is 17.0. The van der Waals surface area contributed by atoms with Crippen LogP contribution in [-0.4, -0.2) is 59.5 Å². The van der Waals surface area contributed by atoms with Gasteiger partial charge in [0.2, 0.25) is 5.43 Å². The van der Waals surface area contributed by atoms with E-state index in [4.69, 9.17) is 0 Å². The fourth-order valence-electron chi connectivity index (χ4n) is 5.31. The first-order valence-electron chi connectivity index (χ1n) is 10.0. The molecule has 2 saturated heterocycles. The van der Waals surface area contributed by atoms with Gasteiger partial charge in [0, 0.05) is 42.2 Å². The van der Waals surface area contributed by atoms with Crippen molar-refractivity contribution in [3.63, 3.8) is 0 Å². The molecule has 4 heterocycles. The van der Waals surface area contributed by atoms with E-state index in [1.54, 1.807) is 6.07 Å². The van der Waals surface area contributed by atoms with Crippen LogP contribution in [0, 0.1) is 11.2 Å². The Bertz CT molecular complexity index is 1100. The van der Waals surface area contributed by atoms with Crippen molar-refractivity contribution in [1.82, 2.24) is 9.47 Å². The number of anilines is 1. The minimum Gasteiger partial charge on any atom is -0.477 e. The minimum atomic E-state index is -1.25. The number of hydrogen-bond donors (Lipinski definition) is 1. The smallest absolute Gasteiger partial charge is 0.342 e. The molecular formula is C21H24FN3O3S. The van der Waals surface area contributed by atoms with Gasteiger partial charge in [0.25, 0.3) is 0 Å². The number of thioether (sulfide) groups is 1. The van der Waals surface area contributed by atoms with Crippen LogP contribution in [0.4, 0.5) is 10.1 Å². The van der Waals surface area contributed by atoms with Gasteiger partial charge in [-0.25, -0.2) is 9.18 Å². The number of fused-ring (bicyclic) bond motifs is 3. The normalized spacial score (nSPS) is 26.7. The third kappa shape index (κ3) is 2.79. The van der Waals surface area contributed by atoms with Gasteiger partial charge in [-0.1, -0.05) is 0 Å². The number of carbonyl (C=O) groups is 1. The number of hydrogen-bond acceptors (Lipinski definition) is 5. The molecule has 0 radical (unpaired) electrons. The molecule has 0 bridgehead atoms. The number of carboxylic acids is 1. The van der Waals surface area contributed by atoms with Crippen molar-refractivity contribution >= 4 is 34.3 Å². The Morgan fingerprint density at radius 2 is 2.03 bits per heavy atom. The molecule has 2 fully saturated rings. The number of pyridine rings is 1. The Labute approximate surface area is 172 Å². The molecule has 1 N–H and O–H groups in total. The van der Waals surface area contributed by atoms with Crippen molar-refractivity contribution in [3.8, 4) is 0 Å². The van der Waals surface area contributed by atoms with Gasteiger partial charge < -0.3 is 19.5 Å². The van der Waals surface area contributed by atoms with E-state index < -0.39 is 17.2 Å². The van der Waals surface area contributed by atoms with Crippen LogP contribution in [0.2, 0.25) is 0 Å². The zero-order chi connectivity index (χ0) is 20.5. The largest absolute Gasteiger partial charge is 0.477 e. The summed E-state index contributed by atoms with van der Waals surface area (Å²) >= 11 is 1.39. The summed E-state index contributed by atoms with van der Waals surface area (Å²) in [6.07, 6.45) is 2.16. The number of aromatic carboxylic acids is 1. The first-order valence-corrected chi connectivity index (χ1v) is 11.0. The molecule has 5 rings (SSSR count). The second-order valence-electron chi connectivity index (χ2n) is 8.82. The second-order valence-corrected chi connectivity index (χ2v) is 9.83. The maximum atomic E-state index is 15.1. The van der Waals surface area contributed by atoms with Gasteiger partial charge in [-0.3, -0.25) is 4.79 Å². The fourth-order valence-corrected chi connectivity index (χ4v) is 6.60. The summed E-state index contributed by atoms with van der Waals surface area (Å²) in [4.78, 5) is 29.0. The van der Waals surface area contributed by atoms with E-state index in [1.165, 1.54) is 17.8 Å². The summed E-state index contributed by atoms with van der Waals surface area (Å²) in [5.74, 6) is -1.00. The molecule has 154 valence electrons. The summed E-state index contributed by atoms with van der Waals surface area (Å²) in [5.41, 5.74) is 0.526. The first kappa shape index (κ1) is 18.9. The van der Waals surface area contributed by atoms with Crippen LogP contribution in [0.3, 0.4) is 0 Å². The lowest BCUT2D eigenvalue weighted by atomic mass is 9.86. The van der Waals surface area contributed by atoms with Gasteiger partial charge in [0.1, 0.15) is 11.4 Å². The summed E-state index contributed by atoms with van der Waals surface area (Å²) in [6, 6.07) is 3.05. The first-order chi connectivity index (χ1) is 13.8. The highest BCUT2D eigenvalue weighted by Gasteiger charge is 2.43. The van der Waals surface area contributed by atoms with Crippen LogP contribution >= 0.6 is 11.8 Å². The molecule has 0 amide bonds. The number of halogens is 1. The predicted molar refractivity (Wildman–Crippen MR) is 112 cm³/mol. The van der Waals surface area contributed by atoms with Crippen LogP contribution in [0.5, 0.6) is 0 Å². The number of likely N-dealkylation sites (tertiary alicyclic amines) is 1. The Kier molecular flexibility index (Phi) is 4.22. The van der Waals surface area contributed by atoms with Crippen molar-refractivity contribution < 1.29 is 14.3 Å². The number of carboxylic acid groups (broad SMARTS) is 1. The maximum absolute atomic E-state index is 15.1. The topological polar surface area (TPSA) is 65.8 Å². The third-order valence-corrected chi connectivity index (χ3v) is 8.08. The molecule has 2 atom stereocenters. The van der Waals surface area contributed by atoms with Crippen LogP contribution < -0.4 is 10.3 Å². The SMILES string of the molecule is CC1CSc2c(C(=O)O)c(=O)c3cc(F)c(N4CCC5(CCN(C)C5)C4)cc3n21. The lowest BCUT2D eigenvalue weighted by Gasteiger charge is -2.26. The Morgan fingerprint density at radius 3 is 2.72 bits per heavy atom. The average molecular weight is 418 g/mol. The van der Waals surface area contributed by atoms with Crippen LogP contribution in [-0.2, 0) is 0 Å². The molecular weight excluding hydrogens is 393 g/mol. The summed E-state index contributed by atoms with van der Waals surface area (Å²) in [5, 5.41) is 10.2.